The monoisotopic (exact) mass is 440 g/mol. The molecule has 1 fully saturated rings. The molecule has 8 nitrogen and oxygen atoms in total. The number of aryl methyl sites for hydroxylation is 1. The van der Waals surface area contributed by atoms with Crippen molar-refractivity contribution in [2.75, 3.05) is 31.1 Å². The number of piperazine rings is 1. The number of fused-ring (bicyclic) bond motifs is 2. The van der Waals surface area contributed by atoms with Gasteiger partial charge in [0.2, 0.25) is 0 Å². The molecule has 1 aliphatic rings. The fourth-order valence-electron chi connectivity index (χ4n) is 3.96. The Labute approximate surface area is 180 Å². The third-order valence-corrected chi connectivity index (χ3v) is 7.22. The van der Waals surface area contributed by atoms with E-state index in [2.05, 4.69) is 16.3 Å². The lowest BCUT2D eigenvalue weighted by atomic mass is 10.2. The number of nitrogens with zero attached hydrogens (tertiary/aromatic N) is 3. The van der Waals surface area contributed by atoms with E-state index in [0.717, 1.165) is 48.2 Å². The Balaban J connectivity index is 0.000000730. The van der Waals surface area contributed by atoms with Crippen LogP contribution in [0.1, 0.15) is 0 Å². The van der Waals surface area contributed by atoms with Crippen molar-refractivity contribution in [2.24, 2.45) is 7.05 Å². The van der Waals surface area contributed by atoms with Gasteiger partial charge in [-0.05, 0) is 42.5 Å². The number of rotatable bonds is 3. The Bertz CT molecular complexity index is 1330. The molecule has 0 radical (unpaired) electrons. The fraction of sp³-hybridized carbons (Fsp3) is 0.227. The molecule has 0 amide bonds. The highest BCUT2D eigenvalue weighted by Crippen LogP contribution is 2.28. The summed E-state index contributed by atoms with van der Waals surface area (Å²) in [7, 11) is -1.72. The van der Waals surface area contributed by atoms with E-state index >= 15 is 0 Å². The summed E-state index contributed by atoms with van der Waals surface area (Å²) in [4.78, 5) is 11.0. The van der Waals surface area contributed by atoms with E-state index < -0.39 is 10.0 Å². The number of carboxylic acid groups (broad SMARTS) is 1. The molecule has 2 aromatic carbocycles. The minimum atomic E-state index is -3.68. The zero-order valence-corrected chi connectivity index (χ0v) is 17.9. The summed E-state index contributed by atoms with van der Waals surface area (Å²) in [6.07, 6.45) is 3.59. The SMILES string of the molecule is Cn1ccc2cc(S(=O)(=O)n3ccc4ccc(N5CCNCC5)cc43)ccc21.O=CO. The topological polar surface area (TPSA) is 96.6 Å². The van der Waals surface area contributed by atoms with Crippen molar-refractivity contribution < 1.29 is 18.3 Å². The highest BCUT2D eigenvalue weighted by atomic mass is 32.2. The minimum Gasteiger partial charge on any atom is -0.483 e. The van der Waals surface area contributed by atoms with Gasteiger partial charge < -0.3 is 19.9 Å². The van der Waals surface area contributed by atoms with Gasteiger partial charge in [0.05, 0.1) is 10.4 Å². The molecule has 3 heterocycles. The van der Waals surface area contributed by atoms with Crippen molar-refractivity contribution in [3.63, 3.8) is 0 Å². The number of benzene rings is 2. The van der Waals surface area contributed by atoms with Crippen LogP contribution in [0.15, 0.2) is 65.8 Å². The first-order valence-corrected chi connectivity index (χ1v) is 11.3. The van der Waals surface area contributed by atoms with Gasteiger partial charge >= 0.3 is 0 Å². The Morgan fingerprint density at radius 2 is 1.65 bits per heavy atom. The normalized spacial score (nSPS) is 14.4. The van der Waals surface area contributed by atoms with Crippen LogP contribution >= 0.6 is 0 Å². The van der Waals surface area contributed by atoms with Crippen LogP contribution in [0.25, 0.3) is 21.8 Å². The highest BCUT2D eigenvalue weighted by molar-refractivity contribution is 7.90. The molecule has 0 unspecified atom stereocenters. The van der Waals surface area contributed by atoms with Crippen molar-refractivity contribution in [3.8, 4) is 0 Å². The first-order chi connectivity index (χ1) is 15.0. The summed E-state index contributed by atoms with van der Waals surface area (Å²) in [5.74, 6) is 0. The van der Waals surface area contributed by atoms with Crippen molar-refractivity contribution >= 4 is 44.0 Å². The second-order valence-electron chi connectivity index (χ2n) is 7.35. The molecular formula is C22H24N4O4S. The first kappa shape index (κ1) is 21.0. The van der Waals surface area contributed by atoms with E-state index in [1.165, 1.54) is 3.97 Å². The molecule has 0 bridgehead atoms. The summed E-state index contributed by atoms with van der Waals surface area (Å²) < 4.78 is 30.1. The number of carbonyl (C=O) groups is 1. The van der Waals surface area contributed by atoms with E-state index in [1.54, 1.807) is 18.3 Å². The number of hydrogen-bond donors (Lipinski definition) is 2. The van der Waals surface area contributed by atoms with Gasteiger partial charge in [0.25, 0.3) is 16.5 Å². The molecular weight excluding hydrogens is 416 g/mol. The van der Waals surface area contributed by atoms with Crippen LogP contribution in [-0.2, 0) is 21.9 Å². The van der Waals surface area contributed by atoms with Crippen LogP contribution in [0.2, 0.25) is 0 Å². The van der Waals surface area contributed by atoms with Crippen molar-refractivity contribution in [2.45, 2.75) is 4.90 Å². The molecule has 0 atom stereocenters. The number of anilines is 1. The predicted octanol–water partition coefficient (Wildman–Crippen LogP) is 2.48. The molecule has 1 aliphatic heterocycles. The van der Waals surface area contributed by atoms with Gasteiger partial charge in [0.1, 0.15) is 0 Å². The molecule has 4 aromatic rings. The van der Waals surface area contributed by atoms with Gasteiger partial charge in [-0.1, -0.05) is 6.07 Å². The maximum Gasteiger partial charge on any atom is 0.290 e. The molecule has 31 heavy (non-hydrogen) atoms. The van der Waals surface area contributed by atoms with Crippen LogP contribution in [-0.4, -0.2) is 54.7 Å². The van der Waals surface area contributed by atoms with E-state index in [0.29, 0.717) is 10.4 Å². The molecule has 2 N–H and O–H groups in total. The molecule has 0 aliphatic carbocycles. The lowest BCUT2D eigenvalue weighted by Gasteiger charge is -2.29. The van der Waals surface area contributed by atoms with Crippen LogP contribution < -0.4 is 10.2 Å². The van der Waals surface area contributed by atoms with Gasteiger partial charge in [-0.25, -0.2) is 12.4 Å². The van der Waals surface area contributed by atoms with Crippen molar-refractivity contribution in [1.82, 2.24) is 13.9 Å². The van der Waals surface area contributed by atoms with Crippen LogP contribution in [0.4, 0.5) is 5.69 Å². The number of aromatic nitrogens is 2. The lowest BCUT2D eigenvalue weighted by Crippen LogP contribution is -2.43. The third-order valence-electron chi connectivity index (χ3n) is 5.54. The number of nitrogens with one attached hydrogen (secondary N) is 1. The van der Waals surface area contributed by atoms with E-state index in [4.69, 9.17) is 9.90 Å². The molecule has 9 heteroatoms. The van der Waals surface area contributed by atoms with Crippen LogP contribution in [0, 0.1) is 0 Å². The lowest BCUT2D eigenvalue weighted by molar-refractivity contribution is -0.122. The van der Waals surface area contributed by atoms with Crippen LogP contribution in [0.5, 0.6) is 0 Å². The third kappa shape index (κ3) is 3.89. The largest absolute Gasteiger partial charge is 0.483 e. The maximum atomic E-state index is 13.4. The molecule has 0 saturated carbocycles. The summed E-state index contributed by atoms with van der Waals surface area (Å²) >= 11 is 0. The zero-order chi connectivity index (χ0) is 22.0. The summed E-state index contributed by atoms with van der Waals surface area (Å²) in [6, 6.07) is 15.1. The second-order valence-corrected chi connectivity index (χ2v) is 9.16. The van der Waals surface area contributed by atoms with Crippen molar-refractivity contribution in [1.29, 1.82) is 0 Å². The molecule has 1 saturated heterocycles. The summed E-state index contributed by atoms with van der Waals surface area (Å²) in [5, 5.41) is 12.1. The van der Waals surface area contributed by atoms with Gasteiger partial charge in [0, 0.05) is 67.6 Å². The Morgan fingerprint density at radius 1 is 0.935 bits per heavy atom. The Morgan fingerprint density at radius 3 is 2.39 bits per heavy atom. The predicted molar refractivity (Wildman–Crippen MR) is 121 cm³/mol. The van der Waals surface area contributed by atoms with Crippen LogP contribution in [0.3, 0.4) is 0 Å². The summed E-state index contributed by atoms with van der Waals surface area (Å²) in [5.41, 5.74) is 2.78. The van der Waals surface area contributed by atoms with E-state index in [9.17, 15) is 8.42 Å². The average molecular weight is 441 g/mol. The van der Waals surface area contributed by atoms with Gasteiger partial charge in [0.15, 0.2) is 0 Å². The quantitative estimate of drug-likeness (QED) is 0.475. The van der Waals surface area contributed by atoms with E-state index in [-0.39, 0.29) is 6.47 Å². The zero-order valence-electron chi connectivity index (χ0n) is 17.1. The van der Waals surface area contributed by atoms with Gasteiger partial charge in [-0.15, -0.1) is 0 Å². The molecule has 2 aromatic heterocycles. The molecule has 5 rings (SSSR count). The van der Waals surface area contributed by atoms with Gasteiger partial charge in [-0.2, -0.15) is 0 Å². The van der Waals surface area contributed by atoms with E-state index in [1.807, 2.05) is 48.1 Å². The molecule has 0 spiro atoms. The maximum absolute atomic E-state index is 13.4. The average Bonchev–Trinajstić information content (AvgIpc) is 3.38. The standard InChI is InChI=1S/C21H22N4O2S.CH2O2/c1-23-10-6-17-14-19(4-5-20(17)23)28(26,27)25-11-7-16-2-3-18(15-21(16)25)24-12-8-22-9-13-24;2-1-3/h2-7,10-11,14-15,22H,8-9,12-13H2,1H3;1H,(H,2,3). The Kier molecular flexibility index (Phi) is 5.71. The Hall–Kier alpha value is -3.30. The second kappa shape index (κ2) is 8.44. The van der Waals surface area contributed by atoms with Gasteiger partial charge in [-0.3, -0.25) is 4.79 Å². The fourth-order valence-corrected chi connectivity index (χ4v) is 5.34. The summed E-state index contributed by atoms with van der Waals surface area (Å²) in [6.45, 7) is 3.47. The number of hydrogen-bond acceptors (Lipinski definition) is 5. The minimum absolute atomic E-state index is 0.250. The highest BCUT2D eigenvalue weighted by Gasteiger charge is 2.21. The first-order valence-electron chi connectivity index (χ1n) is 9.91. The molecule has 162 valence electrons. The smallest absolute Gasteiger partial charge is 0.290 e. The van der Waals surface area contributed by atoms with Crippen molar-refractivity contribution in [3.05, 3.63) is 60.9 Å².